The van der Waals surface area contributed by atoms with E-state index in [1.807, 2.05) is 49.6 Å². The Labute approximate surface area is 191 Å². The molecule has 0 unspecified atom stereocenters. The fraction of sp³-hybridized carbons (Fsp3) is 0.391. The highest BCUT2D eigenvalue weighted by Crippen LogP contribution is 2.40. The molecular formula is C23H27N5O3S. The number of aromatic nitrogens is 3. The van der Waals surface area contributed by atoms with Gasteiger partial charge in [0.25, 0.3) is 0 Å². The van der Waals surface area contributed by atoms with Crippen molar-refractivity contribution in [1.82, 2.24) is 20.1 Å². The number of benzene rings is 1. The number of amides is 2. The first-order chi connectivity index (χ1) is 15.4. The molecule has 3 aromatic rings. The number of rotatable bonds is 9. The molecule has 2 aromatic heterocycles. The number of nitrogens with one attached hydrogen (secondary N) is 2. The summed E-state index contributed by atoms with van der Waals surface area (Å²) in [6.45, 7) is 6.39. The highest BCUT2D eigenvalue weighted by Gasteiger charge is 2.30. The summed E-state index contributed by atoms with van der Waals surface area (Å²) in [7, 11) is 0. The van der Waals surface area contributed by atoms with E-state index in [1.165, 1.54) is 11.8 Å². The van der Waals surface area contributed by atoms with Gasteiger partial charge in [0, 0.05) is 11.6 Å². The number of furan rings is 1. The summed E-state index contributed by atoms with van der Waals surface area (Å²) in [6.07, 6.45) is 3.86. The third kappa shape index (κ3) is 5.40. The van der Waals surface area contributed by atoms with Crippen LogP contribution in [0.1, 0.15) is 47.0 Å². The summed E-state index contributed by atoms with van der Waals surface area (Å²) in [5.74, 6) is 1.84. The van der Waals surface area contributed by atoms with E-state index in [-0.39, 0.29) is 24.1 Å². The first-order valence-corrected chi connectivity index (χ1v) is 11.6. The fourth-order valence-corrected chi connectivity index (χ4v) is 4.45. The van der Waals surface area contributed by atoms with Crippen LogP contribution in [-0.2, 0) is 16.1 Å². The van der Waals surface area contributed by atoms with E-state index in [0.717, 1.165) is 46.8 Å². The first kappa shape index (κ1) is 22.1. The van der Waals surface area contributed by atoms with Gasteiger partial charge in [-0.3, -0.25) is 14.2 Å². The van der Waals surface area contributed by atoms with Gasteiger partial charge in [-0.05, 0) is 56.9 Å². The Hall–Kier alpha value is -3.07. The molecule has 0 aliphatic heterocycles. The topological polar surface area (TPSA) is 102 Å². The monoisotopic (exact) mass is 453 g/mol. The quantitative estimate of drug-likeness (QED) is 0.480. The molecule has 2 N–H and O–H groups in total. The van der Waals surface area contributed by atoms with Crippen molar-refractivity contribution < 1.29 is 14.0 Å². The summed E-state index contributed by atoms with van der Waals surface area (Å²) in [4.78, 5) is 24.7. The molecule has 2 heterocycles. The third-order valence-corrected chi connectivity index (χ3v) is 6.27. The second-order valence-corrected chi connectivity index (χ2v) is 9.11. The molecule has 4 rings (SSSR count). The Kier molecular flexibility index (Phi) is 6.64. The zero-order chi connectivity index (χ0) is 22.7. The molecule has 0 bridgehead atoms. The summed E-state index contributed by atoms with van der Waals surface area (Å²) >= 11 is 1.31. The van der Waals surface area contributed by atoms with Crippen LogP contribution in [0.5, 0.6) is 0 Å². The smallest absolute Gasteiger partial charge is 0.243 e. The van der Waals surface area contributed by atoms with Gasteiger partial charge in [0.15, 0.2) is 5.16 Å². The number of anilines is 1. The summed E-state index contributed by atoms with van der Waals surface area (Å²) in [5.41, 5.74) is 3.94. The lowest BCUT2D eigenvalue weighted by Crippen LogP contribution is -2.34. The largest absolute Gasteiger partial charge is 0.467 e. The molecule has 9 heteroatoms. The van der Waals surface area contributed by atoms with E-state index in [9.17, 15) is 9.59 Å². The molecule has 1 aliphatic rings. The molecule has 32 heavy (non-hydrogen) atoms. The van der Waals surface area contributed by atoms with E-state index >= 15 is 0 Å². The maximum atomic E-state index is 12.3. The molecule has 0 saturated heterocycles. The van der Waals surface area contributed by atoms with Crippen molar-refractivity contribution in [3.8, 4) is 0 Å². The average molecular weight is 454 g/mol. The molecule has 8 nitrogen and oxygen atoms in total. The van der Waals surface area contributed by atoms with Crippen LogP contribution in [0.3, 0.4) is 0 Å². The van der Waals surface area contributed by atoms with Crippen molar-refractivity contribution in [2.24, 2.45) is 0 Å². The fourth-order valence-electron chi connectivity index (χ4n) is 3.68. The SMILES string of the molecule is Cc1cc(C)c(NC(=O)CNC(=O)CSc2nnc(C3CC3)n2Cc2ccco2)c(C)c1. The van der Waals surface area contributed by atoms with Gasteiger partial charge >= 0.3 is 0 Å². The maximum Gasteiger partial charge on any atom is 0.243 e. The van der Waals surface area contributed by atoms with E-state index < -0.39 is 0 Å². The third-order valence-electron chi connectivity index (χ3n) is 5.30. The molecule has 168 valence electrons. The Morgan fingerprint density at radius 2 is 1.91 bits per heavy atom. The molecule has 0 spiro atoms. The van der Waals surface area contributed by atoms with Crippen molar-refractivity contribution in [3.63, 3.8) is 0 Å². The Balaban J connectivity index is 1.30. The average Bonchev–Trinajstić information content (AvgIpc) is 3.31. The van der Waals surface area contributed by atoms with Gasteiger partial charge in [0.1, 0.15) is 11.6 Å². The number of carbonyl (C=O) groups is 2. The highest BCUT2D eigenvalue weighted by molar-refractivity contribution is 7.99. The Bertz CT molecular complexity index is 1100. The van der Waals surface area contributed by atoms with Gasteiger partial charge in [-0.2, -0.15) is 0 Å². The van der Waals surface area contributed by atoms with Crippen LogP contribution < -0.4 is 10.6 Å². The Morgan fingerprint density at radius 1 is 1.16 bits per heavy atom. The van der Waals surface area contributed by atoms with Gasteiger partial charge in [-0.15, -0.1) is 10.2 Å². The first-order valence-electron chi connectivity index (χ1n) is 10.6. The van der Waals surface area contributed by atoms with Crippen LogP contribution in [0, 0.1) is 20.8 Å². The lowest BCUT2D eigenvalue weighted by Gasteiger charge is -2.13. The molecule has 0 radical (unpaired) electrons. The lowest BCUT2D eigenvalue weighted by molar-refractivity contribution is -0.122. The van der Waals surface area contributed by atoms with Crippen molar-refractivity contribution in [3.05, 3.63) is 58.8 Å². The van der Waals surface area contributed by atoms with Gasteiger partial charge in [-0.1, -0.05) is 29.5 Å². The predicted molar refractivity (Wildman–Crippen MR) is 123 cm³/mol. The molecular weight excluding hydrogens is 426 g/mol. The molecule has 1 aliphatic carbocycles. The second kappa shape index (κ2) is 9.60. The zero-order valence-electron chi connectivity index (χ0n) is 18.5. The maximum absolute atomic E-state index is 12.3. The summed E-state index contributed by atoms with van der Waals surface area (Å²) in [5, 5.41) is 14.9. The van der Waals surface area contributed by atoms with Gasteiger partial charge in [-0.25, -0.2) is 0 Å². The summed E-state index contributed by atoms with van der Waals surface area (Å²) < 4.78 is 7.49. The van der Waals surface area contributed by atoms with Crippen molar-refractivity contribution in [1.29, 1.82) is 0 Å². The minimum atomic E-state index is -0.254. The van der Waals surface area contributed by atoms with Crippen LogP contribution in [0.2, 0.25) is 0 Å². The van der Waals surface area contributed by atoms with Gasteiger partial charge in [0.2, 0.25) is 11.8 Å². The molecule has 1 fully saturated rings. The van der Waals surface area contributed by atoms with Gasteiger partial charge in [0.05, 0.1) is 25.1 Å². The number of carbonyl (C=O) groups excluding carboxylic acids is 2. The van der Waals surface area contributed by atoms with E-state index in [0.29, 0.717) is 17.6 Å². The number of thioether (sulfide) groups is 1. The van der Waals surface area contributed by atoms with E-state index in [1.54, 1.807) is 6.26 Å². The standard InChI is InChI=1S/C23H27N5O3S/c1-14-9-15(2)21(16(3)10-14)25-19(29)11-24-20(30)13-32-23-27-26-22(17-6-7-17)28(23)12-18-5-4-8-31-18/h4-5,8-10,17H,6-7,11-13H2,1-3H3,(H,24,30)(H,25,29). The van der Waals surface area contributed by atoms with E-state index in [2.05, 4.69) is 20.8 Å². The van der Waals surface area contributed by atoms with Crippen molar-refractivity contribution >= 4 is 29.3 Å². The van der Waals surface area contributed by atoms with Crippen LogP contribution in [0.25, 0.3) is 0 Å². The number of aryl methyl sites for hydroxylation is 3. The van der Waals surface area contributed by atoms with Crippen LogP contribution in [-0.4, -0.2) is 38.9 Å². The molecule has 1 saturated carbocycles. The number of nitrogens with zero attached hydrogens (tertiary/aromatic N) is 3. The predicted octanol–water partition coefficient (Wildman–Crippen LogP) is 3.57. The second-order valence-electron chi connectivity index (χ2n) is 8.17. The Morgan fingerprint density at radius 3 is 2.56 bits per heavy atom. The zero-order valence-corrected chi connectivity index (χ0v) is 19.3. The number of hydrogen-bond acceptors (Lipinski definition) is 6. The normalized spacial score (nSPS) is 13.2. The lowest BCUT2D eigenvalue weighted by atomic mass is 10.1. The van der Waals surface area contributed by atoms with Gasteiger partial charge < -0.3 is 15.1 Å². The van der Waals surface area contributed by atoms with Crippen LogP contribution in [0.15, 0.2) is 40.1 Å². The van der Waals surface area contributed by atoms with E-state index in [4.69, 9.17) is 4.42 Å². The highest BCUT2D eigenvalue weighted by atomic mass is 32.2. The summed E-state index contributed by atoms with van der Waals surface area (Å²) in [6, 6.07) is 7.80. The minimum Gasteiger partial charge on any atom is -0.467 e. The van der Waals surface area contributed by atoms with Crippen LogP contribution >= 0.6 is 11.8 Å². The molecule has 1 aromatic carbocycles. The molecule has 0 atom stereocenters. The minimum absolute atomic E-state index is 0.0848. The number of hydrogen-bond donors (Lipinski definition) is 2. The van der Waals surface area contributed by atoms with Crippen molar-refractivity contribution in [2.45, 2.75) is 51.2 Å². The van der Waals surface area contributed by atoms with Crippen LogP contribution in [0.4, 0.5) is 5.69 Å². The molecule has 2 amide bonds. The van der Waals surface area contributed by atoms with Crippen molar-refractivity contribution in [2.75, 3.05) is 17.6 Å².